The van der Waals surface area contributed by atoms with Gasteiger partial charge in [-0.2, -0.15) is 0 Å². The van der Waals surface area contributed by atoms with E-state index in [0.717, 1.165) is 5.01 Å². The Labute approximate surface area is 87.0 Å². The van der Waals surface area contributed by atoms with Gasteiger partial charge in [0.2, 0.25) is 0 Å². The molecule has 5 heteroatoms. The molecule has 0 spiro atoms. The minimum atomic E-state index is -0.603. The van der Waals surface area contributed by atoms with Gasteiger partial charge in [-0.3, -0.25) is 4.79 Å². The van der Waals surface area contributed by atoms with Crippen LogP contribution in [0, 0.1) is 6.92 Å². The molecule has 1 heterocycles. The normalized spacial score (nSPS) is 11.4. The van der Waals surface area contributed by atoms with Crippen molar-refractivity contribution >= 4 is 17.2 Å². The fourth-order valence-corrected chi connectivity index (χ4v) is 1.47. The molecule has 0 aliphatic carbocycles. The molecule has 4 nitrogen and oxygen atoms in total. The molecule has 14 heavy (non-hydrogen) atoms. The summed E-state index contributed by atoms with van der Waals surface area (Å²) in [6, 6.07) is 0. The van der Waals surface area contributed by atoms with Crippen molar-refractivity contribution in [3.05, 3.63) is 16.1 Å². The average molecular weight is 214 g/mol. The number of nitrogens with zero attached hydrogens (tertiary/aromatic N) is 1. The van der Waals surface area contributed by atoms with Crippen molar-refractivity contribution in [1.82, 2.24) is 10.3 Å². The van der Waals surface area contributed by atoms with Crippen LogP contribution in [0.2, 0.25) is 0 Å². The number of carbonyl (C=O) groups excluding carboxylic acids is 1. The molecule has 0 saturated carbocycles. The SMILES string of the molecule is Cc1nc(C(=O)NC(C)(C)CO)cs1. The predicted molar refractivity (Wildman–Crippen MR) is 55.5 cm³/mol. The van der Waals surface area contributed by atoms with Crippen LogP contribution in [0.5, 0.6) is 0 Å². The van der Waals surface area contributed by atoms with E-state index in [4.69, 9.17) is 5.11 Å². The van der Waals surface area contributed by atoms with E-state index in [9.17, 15) is 4.79 Å². The van der Waals surface area contributed by atoms with Crippen LogP contribution in [0.4, 0.5) is 0 Å². The van der Waals surface area contributed by atoms with Gasteiger partial charge < -0.3 is 10.4 Å². The summed E-state index contributed by atoms with van der Waals surface area (Å²) in [4.78, 5) is 15.6. The molecule has 0 unspecified atom stereocenters. The van der Waals surface area contributed by atoms with Crippen LogP contribution >= 0.6 is 11.3 Å². The Bertz CT molecular complexity index is 333. The van der Waals surface area contributed by atoms with Crippen LogP contribution in [-0.2, 0) is 0 Å². The fourth-order valence-electron chi connectivity index (χ4n) is 0.879. The number of nitrogens with one attached hydrogen (secondary N) is 1. The van der Waals surface area contributed by atoms with Gasteiger partial charge in [-0.25, -0.2) is 4.98 Å². The monoisotopic (exact) mass is 214 g/mol. The Morgan fingerprint density at radius 3 is 2.79 bits per heavy atom. The van der Waals surface area contributed by atoms with Gasteiger partial charge in [0.15, 0.2) is 0 Å². The summed E-state index contributed by atoms with van der Waals surface area (Å²) in [7, 11) is 0. The smallest absolute Gasteiger partial charge is 0.271 e. The summed E-state index contributed by atoms with van der Waals surface area (Å²) in [5.74, 6) is -0.242. The molecular formula is C9H14N2O2S. The molecule has 0 aromatic carbocycles. The van der Waals surface area contributed by atoms with Crippen molar-refractivity contribution in [2.75, 3.05) is 6.61 Å². The van der Waals surface area contributed by atoms with Gasteiger partial charge >= 0.3 is 0 Å². The molecule has 1 amide bonds. The molecule has 0 aliphatic heterocycles. The lowest BCUT2D eigenvalue weighted by Gasteiger charge is -2.22. The van der Waals surface area contributed by atoms with Crippen molar-refractivity contribution in [3.8, 4) is 0 Å². The highest BCUT2D eigenvalue weighted by Gasteiger charge is 2.21. The van der Waals surface area contributed by atoms with Crippen LogP contribution < -0.4 is 5.32 Å². The van der Waals surface area contributed by atoms with E-state index in [1.165, 1.54) is 11.3 Å². The number of aliphatic hydroxyl groups is 1. The molecule has 0 aliphatic rings. The van der Waals surface area contributed by atoms with Crippen LogP contribution in [-0.4, -0.2) is 28.1 Å². The molecule has 0 radical (unpaired) electrons. The second-order valence-corrected chi connectivity index (χ2v) is 4.81. The van der Waals surface area contributed by atoms with Crippen LogP contribution in [0.25, 0.3) is 0 Å². The number of aryl methyl sites for hydroxylation is 1. The highest BCUT2D eigenvalue weighted by Crippen LogP contribution is 2.09. The first kappa shape index (κ1) is 11.1. The third-order valence-electron chi connectivity index (χ3n) is 1.70. The van der Waals surface area contributed by atoms with Crippen LogP contribution in [0.3, 0.4) is 0 Å². The zero-order valence-electron chi connectivity index (χ0n) is 8.50. The lowest BCUT2D eigenvalue weighted by atomic mass is 10.1. The first-order chi connectivity index (χ1) is 6.44. The molecule has 1 aromatic heterocycles. The maximum Gasteiger partial charge on any atom is 0.271 e. The lowest BCUT2D eigenvalue weighted by molar-refractivity contribution is 0.0865. The number of hydrogen-bond acceptors (Lipinski definition) is 4. The number of thiazole rings is 1. The van der Waals surface area contributed by atoms with Gasteiger partial charge in [-0.05, 0) is 20.8 Å². The second kappa shape index (κ2) is 4.06. The van der Waals surface area contributed by atoms with Crippen molar-refractivity contribution in [3.63, 3.8) is 0 Å². The number of aromatic nitrogens is 1. The molecule has 78 valence electrons. The van der Waals surface area contributed by atoms with Gasteiger partial charge in [0.1, 0.15) is 5.69 Å². The van der Waals surface area contributed by atoms with E-state index in [1.54, 1.807) is 19.2 Å². The highest BCUT2D eigenvalue weighted by molar-refractivity contribution is 7.09. The number of rotatable bonds is 3. The van der Waals surface area contributed by atoms with E-state index in [2.05, 4.69) is 10.3 Å². The van der Waals surface area contributed by atoms with Crippen molar-refractivity contribution in [2.24, 2.45) is 0 Å². The van der Waals surface area contributed by atoms with Gasteiger partial charge in [0.25, 0.3) is 5.91 Å². The summed E-state index contributed by atoms with van der Waals surface area (Å²) in [6.45, 7) is 5.26. The number of amides is 1. The standard InChI is InChI=1S/C9H14N2O2S/c1-6-10-7(4-14-6)8(13)11-9(2,3)5-12/h4,12H,5H2,1-3H3,(H,11,13). The average Bonchev–Trinajstić information content (AvgIpc) is 2.51. The molecule has 0 fully saturated rings. The largest absolute Gasteiger partial charge is 0.394 e. The quantitative estimate of drug-likeness (QED) is 0.787. The van der Waals surface area contributed by atoms with E-state index in [-0.39, 0.29) is 12.5 Å². The Morgan fingerprint density at radius 1 is 1.71 bits per heavy atom. The van der Waals surface area contributed by atoms with E-state index >= 15 is 0 Å². The molecule has 0 saturated heterocycles. The number of carbonyl (C=O) groups is 1. The van der Waals surface area contributed by atoms with Crippen molar-refractivity contribution < 1.29 is 9.90 Å². The molecule has 1 rings (SSSR count). The summed E-state index contributed by atoms with van der Waals surface area (Å²) >= 11 is 1.43. The lowest BCUT2D eigenvalue weighted by Crippen LogP contribution is -2.46. The first-order valence-electron chi connectivity index (χ1n) is 4.30. The highest BCUT2D eigenvalue weighted by atomic mass is 32.1. The van der Waals surface area contributed by atoms with Gasteiger partial charge in [0.05, 0.1) is 17.2 Å². The van der Waals surface area contributed by atoms with Gasteiger partial charge in [-0.1, -0.05) is 0 Å². The van der Waals surface area contributed by atoms with Gasteiger partial charge in [-0.15, -0.1) is 11.3 Å². The molecule has 0 bridgehead atoms. The van der Waals surface area contributed by atoms with E-state index < -0.39 is 5.54 Å². The van der Waals surface area contributed by atoms with Crippen molar-refractivity contribution in [1.29, 1.82) is 0 Å². The van der Waals surface area contributed by atoms with E-state index in [1.807, 2.05) is 6.92 Å². The topological polar surface area (TPSA) is 62.2 Å². The maximum absolute atomic E-state index is 11.6. The predicted octanol–water partition coefficient (Wildman–Crippen LogP) is 0.952. The van der Waals surface area contributed by atoms with E-state index in [0.29, 0.717) is 5.69 Å². The molecular weight excluding hydrogens is 200 g/mol. The third kappa shape index (κ3) is 2.78. The summed E-state index contributed by atoms with van der Waals surface area (Å²) in [5, 5.41) is 14.2. The van der Waals surface area contributed by atoms with Crippen molar-refractivity contribution in [2.45, 2.75) is 26.3 Å². The second-order valence-electron chi connectivity index (χ2n) is 3.75. The zero-order valence-corrected chi connectivity index (χ0v) is 9.31. The summed E-state index contributed by atoms with van der Waals surface area (Å²) in [6.07, 6.45) is 0. The maximum atomic E-state index is 11.6. The first-order valence-corrected chi connectivity index (χ1v) is 5.18. The minimum Gasteiger partial charge on any atom is -0.394 e. The fraction of sp³-hybridized carbons (Fsp3) is 0.556. The van der Waals surface area contributed by atoms with Gasteiger partial charge in [0, 0.05) is 5.38 Å². The van der Waals surface area contributed by atoms with Crippen LogP contribution in [0.15, 0.2) is 5.38 Å². The Balaban J connectivity index is 2.68. The van der Waals surface area contributed by atoms with Crippen LogP contribution in [0.1, 0.15) is 29.3 Å². The number of hydrogen-bond donors (Lipinski definition) is 2. The molecule has 0 atom stereocenters. The Morgan fingerprint density at radius 2 is 2.36 bits per heavy atom. The molecule has 1 aromatic rings. The summed E-state index contributed by atoms with van der Waals surface area (Å²) in [5.41, 5.74) is -0.191. The Hall–Kier alpha value is -0.940. The Kier molecular flexibility index (Phi) is 3.23. The molecule has 2 N–H and O–H groups in total. The third-order valence-corrected chi connectivity index (χ3v) is 2.47. The summed E-state index contributed by atoms with van der Waals surface area (Å²) < 4.78 is 0. The number of aliphatic hydroxyl groups excluding tert-OH is 1. The minimum absolute atomic E-state index is 0.0954. The zero-order chi connectivity index (χ0) is 10.8.